The maximum Gasteiger partial charge on any atom is 0.287 e. The zero-order valence-electron chi connectivity index (χ0n) is 14.7. The predicted molar refractivity (Wildman–Crippen MR) is 99.6 cm³/mol. The predicted octanol–water partition coefficient (Wildman–Crippen LogP) is 3.16. The number of benzene rings is 2. The van der Waals surface area contributed by atoms with Gasteiger partial charge in [-0.05, 0) is 29.4 Å². The molecule has 0 atom stereocenters. The lowest BCUT2D eigenvalue weighted by atomic mass is 10.1. The number of hydrogen-bond acceptors (Lipinski definition) is 7. The molecule has 142 valence electrons. The van der Waals surface area contributed by atoms with Gasteiger partial charge in [0.1, 0.15) is 24.6 Å². The summed E-state index contributed by atoms with van der Waals surface area (Å²) in [6, 6.07) is 11.0. The van der Waals surface area contributed by atoms with E-state index in [-0.39, 0.29) is 24.1 Å². The molecular weight excluding hydrogens is 380 g/mol. The first-order valence-electron chi connectivity index (χ1n) is 8.74. The van der Waals surface area contributed by atoms with Crippen LogP contribution in [0.15, 0.2) is 64.5 Å². The van der Waals surface area contributed by atoms with Crippen LogP contribution in [0.3, 0.4) is 0 Å². The summed E-state index contributed by atoms with van der Waals surface area (Å²) in [4.78, 5) is 13.2. The third-order valence-electron chi connectivity index (χ3n) is 4.84. The molecule has 2 aromatic carbocycles. The molecule has 0 fully saturated rings. The van der Waals surface area contributed by atoms with Crippen LogP contribution >= 0.6 is 0 Å². The van der Waals surface area contributed by atoms with Crippen molar-refractivity contribution in [3.8, 4) is 17.1 Å². The summed E-state index contributed by atoms with van der Waals surface area (Å²) in [5.41, 5.74) is 1.94. The van der Waals surface area contributed by atoms with Crippen molar-refractivity contribution < 1.29 is 13.3 Å². The van der Waals surface area contributed by atoms with E-state index in [4.69, 9.17) is 4.52 Å². The van der Waals surface area contributed by atoms with Gasteiger partial charge in [-0.3, -0.25) is 4.57 Å². The van der Waals surface area contributed by atoms with E-state index < -0.39 is 11.6 Å². The van der Waals surface area contributed by atoms with Crippen LogP contribution in [0, 0.1) is 11.6 Å². The second-order valence-electron chi connectivity index (χ2n) is 6.50. The molecule has 0 spiro atoms. The van der Waals surface area contributed by atoms with Crippen LogP contribution in [0.5, 0.6) is 0 Å². The summed E-state index contributed by atoms with van der Waals surface area (Å²) in [5.74, 6) is 0.200. The van der Waals surface area contributed by atoms with E-state index in [0.29, 0.717) is 0 Å². The van der Waals surface area contributed by atoms with Crippen LogP contribution in [0.4, 0.5) is 20.5 Å². The molecule has 0 bridgehead atoms. The van der Waals surface area contributed by atoms with Crippen molar-refractivity contribution in [2.24, 2.45) is 4.99 Å². The van der Waals surface area contributed by atoms with E-state index in [9.17, 15) is 8.78 Å². The molecule has 29 heavy (non-hydrogen) atoms. The van der Waals surface area contributed by atoms with Crippen molar-refractivity contribution in [2.75, 3.05) is 16.7 Å². The van der Waals surface area contributed by atoms with Crippen molar-refractivity contribution in [1.82, 2.24) is 19.7 Å². The highest BCUT2D eigenvalue weighted by Gasteiger charge is 2.38. The molecule has 0 radical (unpaired) electrons. The van der Waals surface area contributed by atoms with Crippen LogP contribution in [-0.2, 0) is 0 Å². The normalized spacial score (nSPS) is 14.5. The Morgan fingerprint density at radius 2 is 1.93 bits per heavy atom. The van der Waals surface area contributed by atoms with E-state index in [1.54, 1.807) is 17.5 Å². The number of nitrogens with zero attached hydrogens (tertiary/aromatic N) is 7. The monoisotopic (exact) mass is 391 g/mol. The molecular formula is C19H11F2N7O. The number of anilines is 2. The molecule has 0 saturated heterocycles. The maximum atomic E-state index is 14.1. The Bertz CT molecular complexity index is 1300. The Balaban J connectivity index is 1.42. The number of rotatable bonds is 2. The molecule has 4 heterocycles. The molecule has 2 aliphatic heterocycles. The van der Waals surface area contributed by atoms with Gasteiger partial charge in [0.05, 0.1) is 17.4 Å². The van der Waals surface area contributed by atoms with Crippen molar-refractivity contribution >= 4 is 17.6 Å². The van der Waals surface area contributed by atoms with E-state index in [1.807, 2.05) is 33.8 Å². The molecule has 0 amide bonds. The van der Waals surface area contributed by atoms with Gasteiger partial charge in [0.25, 0.3) is 11.8 Å². The number of hydrogen-bond donors (Lipinski definition) is 0. The van der Waals surface area contributed by atoms with Crippen LogP contribution in [0.25, 0.3) is 17.1 Å². The molecule has 0 saturated carbocycles. The Labute approximate surface area is 162 Å². The molecule has 4 aromatic rings. The second-order valence-corrected chi connectivity index (χ2v) is 6.50. The number of hydrazine groups is 1. The maximum absolute atomic E-state index is 14.1. The average molecular weight is 391 g/mol. The lowest BCUT2D eigenvalue weighted by Crippen LogP contribution is -2.45. The van der Waals surface area contributed by atoms with E-state index >= 15 is 0 Å². The number of halogens is 2. The molecule has 0 aliphatic carbocycles. The zero-order valence-corrected chi connectivity index (χ0v) is 14.7. The van der Waals surface area contributed by atoms with Crippen LogP contribution in [-0.4, -0.2) is 32.2 Å². The summed E-state index contributed by atoms with van der Waals surface area (Å²) in [7, 11) is 0. The minimum Gasteiger partial charge on any atom is -0.332 e. The van der Waals surface area contributed by atoms with Crippen LogP contribution in [0.1, 0.15) is 5.56 Å². The summed E-state index contributed by atoms with van der Waals surface area (Å²) < 4.78 is 34.4. The van der Waals surface area contributed by atoms with Crippen LogP contribution < -0.4 is 10.0 Å². The Kier molecular flexibility index (Phi) is 3.13. The minimum atomic E-state index is -0.775. The fraction of sp³-hybridized carbons (Fsp3) is 0.0526. The Morgan fingerprint density at radius 3 is 2.83 bits per heavy atom. The fourth-order valence-electron chi connectivity index (χ4n) is 3.56. The number of amidine groups is 1. The van der Waals surface area contributed by atoms with Gasteiger partial charge in [-0.15, -0.1) is 0 Å². The molecule has 8 nitrogen and oxygen atoms in total. The number of imidazole rings is 1. The molecule has 0 unspecified atom stereocenters. The van der Waals surface area contributed by atoms with Gasteiger partial charge >= 0.3 is 0 Å². The quantitative estimate of drug-likeness (QED) is 0.523. The van der Waals surface area contributed by atoms with Gasteiger partial charge < -0.3 is 4.52 Å². The minimum absolute atomic E-state index is 0.0273. The average Bonchev–Trinajstić information content (AvgIpc) is 3.46. The number of fused-ring (bicyclic) bond motifs is 6. The number of aliphatic imine (C=N–C) groups is 1. The van der Waals surface area contributed by atoms with Gasteiger partial charge in [0, 0.05) is 11.6 Å². The topological polar surface area (TPSA) is 75.6 Å². The van der Waals surface area contributed by atoms with Crippen molar-refractivity contribution in [1.29, 1.82) is 0 Å². The highest BCUT2D eigenvalue weighted by molar-refractivity contribution is 6.16. The first-order chi connectivity index (χ1) is 14.2. The smallest absolute Gasteiger partial charge is 0.287 e. The number of aromatic nitrogens is 4. The number of para-hydroxylation sites is 1. The largest absolute Gasteiger partial charge is 0.332 e. The molecule has 2 aromatic heterocycles. The fourth-order valence-corrected chi connectivity index (χ4v) is 3.56. The molecule has 10 heteroatoms. The van der Waals surface area contributed by atoms with Crippen LogP contribution in [0.2, 0.25) is 0 Å². The highest BCUT2D eigenvalue weighted by Crippen LogP contribution is 2.36. The second kappa shape index (κ2) is 5.71. The van der Waals surface area contributed by atoms with Crippen molar-refractivity contribution in [3.63, 3.8) is 0 Å². The van der Waals surface area contributed by atoms with Gasteiger partial charge in [0.2, 0.25) is 0 Å². The standard InChI is InChI=1S/C19H11F2N7O/c20-11-5-6-12(14(21)7-11)18-24-19(25-29-18)27-10-23-17-13-3-1-2-4-15(13)26-9-22-8-16(26)28(17)27/h1-9H,10H2. The van der Waals surface area contributed by atoms with Crippen molar-refractivity contribution in [3.05, 3.63) is 72.2 Å². The van der Waals surface area contributed by atoms with E-state index in [0.717, 1.165) is 35.0 Å². The summed E-state index contributed by atoms with van der Waals surface area (Å²) >= 11 is 0. The first-order valence-corrected chi connectivity index (χ1v) is 8.74. The zero-order chi connectivity index (χ0) is 19.5. The molecule has 6 rings (SSSR count). The Morgan fingerprint density at radius 1 is 1.03 bits per heavy atom. The van der Waals surface area contributed by atoms with E-state index in [1.165, 1.54) is 6.07 Å². The lowest BCUT2D eigenvalue weighted by molar-refractivity contribution is 0.427. The van der Waals surface area contributed by atoms with Gasteiger partial charge in [-0.2, -0.15) is 4.98 Å². The lowest BCUT2D eigenvalue weighted by Gasteiger charge is -2.33. The SMILES string of the molecule is Fc1ccc(-c2nc(N3CN=C4c5ccccc5-n5cncc5N43)no2)c(F)c1. The van der Waals surface area contributed by atoms with Gasteiger partial charge in [-0.1, -0.05) is 12.1 Å². The molecule has 0 N–H and O–H groups in total. The first kappa shape index (κ1) is 15.9. The van der Waals surface area contributed by atoms with Crippen molar-refractivity contribution in [2.45, 2.75) is 0 Å². The summed E-state index contributed by atoms with van der Waals surface area (Å²) in [6.07, 6.45) is 3.43. The van der Waals surface area contributed by atoms with E-state index in [2.05, 4.69) is 20.1 Å². The molecule has 2 aliphatic rings. The summed E-state index contributed by atoms with van der Waals surface area (Å²) in [5, 5.41) is 7.52. The highest BCUT2D eigenvalue weighted by atomic mass is 19.1. The Hall–Kier alpha value is -4.08. The van der Waals surface area contributed by atoms with Gasteiger partial charge in [0.15, 0.2) is 11.7 Å². The third-order valence-corrected chi connectivity index (χ3v) is 4.84. The summed E-state index contributed by atoms with van der Waals surface area (Å²) in [6.45, 7) is 0.250. The third kappa shape index (κ3) is 2.22. The van der Waals surface area contributed by atoms with Gasteiger partial charge in [-0.25, -0.2) is 28.8 Å².